The molecule has 0 aliphatic rings. The first kappa shape index (κ1) is 12.2. The maximum absolute atomic E-state index is 11.2. The molecule has 94 valence electrons. The zero-order chi connectivity index (χ0) is 13.0. The van der Waals surface area contributed by atoms with Crippen molar-refractivity contribution in [3.63, 3.8) is 0 Å². The maximum Gasteiger partial charge on any atom is 0.254 e. The van der Waals surface area contributed by atoms with Gasteiger partial charge < -0.3 is 14.8 Å². The van der Waals surface area contributed by atoms with Gasteiger partial charge in [-0.1, -0.05) is 12.1 Å². The minimum atomic E-state index is -0.358. The second-order valence-electron chi connectivity index (χ2n) is 3.80. The molecular formula is C13H14N2O3. The van der Waals surface area contributed by atoms with Crippen molar-refractivity contribution >= 4 is 0 Å². The molecule has 18 heavy (non-hydrogen) atoms. The van der Waals surface area contributed by atoms with Crippen LogP contribution in [0.5, 0.6) is 11.6 Å². The van der Waals surface area contributed by atoms with E-state index in [1.807, 2.05) is 31.2 Å². The van der Waals surface area contributed by atoms with E-state index in [0.717, 1.165) is 17.4 Å². The molecule has 2 aromatic rings. The molecule has 0 fully saturated rings. The summed E-state index contributed by atoms with van der Waals surface area (Å²) in [6.07, 6.45) is 0.454. The lowest BCUT2D eigenvalue weighted by Crippen LogP contribution is -2.09. The number of nitrogens with one attached hydrogen (secondary N) is 1. The predicted molar refractivity (Wildman–Crippen MR) is 66.9 cm³/mol. The summed E-state index contributed by atoms with van der Waals surface area (Å²) in [5.74, 6) is 0.974. The number of aromatic amines is 1. The van der Waals surface area contributed by atoms with E-state index in [4.69, 9.17) is 4.74 Å². The van der Waals surface area contributed by atoms with Crippen molar-refractivity contribution < 1.29 is 9.84 Å². The highest BCUT2D eigenvalue weighted by molar-refractivity contribution is 5.29. The van der Waals surface area contributed by atoms with Crippen molar-refractivity contribution in [1.29, 1.82) is 0 Å². The molecule has 1 heterocycles. The van der Waals surface area contributed by atoms with E-state index >= 15 is 0 Å². The summed E-state index contributed by atoms with van der Waals surface area (Å²) in [6.45, 7) is 2.55. The summed E-state index contributed by atoms with van der Waals surface area (Å²) in [7, 11) is 0. The largest absolute Gasteiger partial charge is 0.494 e. The maximum atomic E-state index is 11.2. The summed E-state index contributed by atoms with van der Waals surface area (Å²) in [5, 5.41) is 9.23. The Morgan fingerprint density at radius 3 is 2.67 bits per heavy atom. The molecule has 2 N–H and O–H groups in total. The van der Waals surface area contributed by atoms with E-state index in [2.05, 4.69) is 9.97 Å². The monoisotopic (exact) mass is 246 g/mol. The Morgan fingerprint density at radius 2 is 2.06 bits per heavy atom. The molecule has 0 saturated carbocycles. The summed E-state index contributed by atoms with van der Waals surface area (Å²) >= 11 is 0. The van der Waals surface area contributed by atoms with E-state index in [1.54, 1.807) is 0 Å². The Morgan fingerprint density at radius 1 is 1.33 bits per heavy atom. The predicted octanol–water partition coefficient (Wildman–Crippen LogP) is 1.46. The third-order valence-corrected chi connectivity index (χ3v) is 2.38. The van der Waals surface area contributed by atoms with Gasteiger partial charge in [-0.15, -0.1) is 0 Å². The fourth-order valence-electron chi connectivity index (χ4n) is 1.64. The summed E-state index contributed by atoms with van der Waals surface area (Å²) in [6, 6.07) is 8.56. The summed E-state index contributed by atoms with van der Waals surface area (Å²) < 4.78 is 5.34. The number of hydrogen-bond acceptors (Lipinski definition) is 4. The van der Waals surface area contributed by atoms with Gasteiger partial charge in [-0.05, 0) is 24.6 Å². The highest BCUT2D eigenvalue weighted by Crippen LogP contribution is 2.14. The molecule has 2 rings (SSSR count). The number of aromatic nitrogens is 2. The van der Waals surface area contributed by atoms with Gasteiger partial charge >= 0.3 is 0 Å². The number of benzene rings is 1. The van der Waals surface area contributed by atoms with Gasteiger partial charge in [0.05, 0.1) is 12.7 Å². The van der Waals surface area contributed by atoms with Crippen LogP contribution in [-0.2, 0) is 6.42 Å². The Labute approximate surface area is 104 Å². The Hall–Kier alpha value is -2.30. The Balaban J connectivity index is 2.15. The van der Waals surface area contributed by atoms with Gasteiger partial charge in [0.1, 0.15) is 11.6 Å². The van der Waals surface area contributed by atoms with Crippen LogP contribution in [0.4, 0.5) is 0 Å². The zero-order valence-electron chi connectivity index (χ0n) is 10.0. The highest BCUT2D eigenvalue weighted by atomic mass is 16.5. The third kappa shape index (κ3) is 3.10. The molecule has 5 heteroatoms. The molecule has 1 aromatic carbocycles. The van der Waals surface area contributed by atoms with Crippen molar-refractivity contribution in [3.05, 3.63) is 52.1 Å². The molecule has 0 aliphatic heterocycles. The molecule has 0 atom stereocenters. The van der Waals surface area contributed by atoms with E-state index in [1.165, 1.54) is 0 Å². The number of rotatable bonds is 4. The zero-order valence-corrected chi connectivity index (χ0v) is 10.0. The van der Waals surface area contributed by atoms with Gasteiger partial charge in [-0.2, -0.15) is 4.98 Å². The van der Waals surface area contributed by atoms with Crippen LogP contribution in [0.1, 0.15) is 18.3 Å². The summed E-state index contributed by atoms with van der Waals surface area (Å²) in [5.41, 5.74) is 0.621. The van der Waals surface area contributed by atoms with Crippen LogP contribution < -0.4 is 10.3 Å². The van der Waals surface area contributed by atoms with Crippen molar-refractivity contribution in [2.45, 2.75) is 13.3 Å². The molecule has 0 aliphatic carbocycles. The number of ether oxygens (including phenoxy) is 1. The van der Waals surface area contributed by atoms with E-state index in [0.29, 0.717) is 18.9 Å². The minimum absolute atomic E-state index is 0.264. The number of hydrogen-bond donors (Lipinski definition) is 2. The quantitative estimate of drug-likeness (QED) is 0.856. The smallest absolute Gasteiger partial charge is 0.254 e. The molecule has 0 radical (unpaired) electrons. The fraction of sp³-hybridized carbons (Fsp3) is 0.231. The lowest BCUT2D eigenvalue weighted by atomic mass is 10.1. The second kappa shape index (κ2) is 5.35. The van der Waals surface area contributed by atoms with E-state index in [9.17, 15) is 9.90 Å². The van der Waals surface area contributed by atoms with Crippen LogP contribution >= 0.6 is 0 Å². The molecule has 0 amide bonds. The summed E-state index contributed by atoms with van der Waals surface area (Å²) in [4.78, 5) is 17.6. The topological polar surface area (TPSA) is 75.2 Å². The van der Waals surface area contributed by atoms with Crippen molar-refractivity contribution in [2.75, 3.05) is 6.61 Å². The van der Waals surface area contributed by atoms with Gasteiger partial charge in [0.25, 0.3) is 5.56 Å². The molecule has 1 aromatic heterocycles. The fourth-order valence-corrected chi connectivity index (χ4v) is 1.64. The number of nitrogens with zero attached hydrogens (tertiary/aromatic N) is 1. The van der Waals surface area contributed by atoms with Gasteiger partial charge in [-0.3, -0.25) is 4.79 Å². The van der Waals surface area contributed by atoms with Crippen LogP contribution in [-0.4, -0.2) is 21.7 Å². The second-order valence-corrected chi connectivity index (χ2v) is 3.80. The first-order valence-electron chi connectivity index (χ1n) is 5.68. The van der Waals surface area contributed by atoms with E-state index in [-0.39, 0.29) is 11.4 Å². The lowest BCUT2D eigenvalue weighted by Gasteiger charge is -2.05. The number of H-pyrrole nitrogens is 1. The molecule has 0 spiro atoms. The number of aromatic hydroxyl groups is 1. The molecule has 0 saturated heterocycles. The SMILES string of the molecule is CCOc1ccc(Cc2nc(O)cc(=O)[nH]2)cc1. The van der Waals surface area contributed by atoms with Crippen LogP contribution in [0, 0.1) is 0 Å². The van der Waals surface area contributed by atoms with Gasteiger partial charge in [0.15, 0.2) is 0 Å². The highest BCUT2D eigenvalue weighted by Gasteiger charge is 2.02. The first-order chi connectivity index (χ1) is 8.67. The molecule has 5 nitrogen and oxygen atoms in total. The van der Waals surface area contributed by atoms with Gasteiger partial charge in [0, 0.05) is 6.42 Å². The van der Waals surface area contributed by atoms with Gasteiger partial charge in [0.2, 0.25) is 5.88 Å². The Bertz CT molecular complexity index is 576. The molecule has 0 bridgehead atoms. The third-order valence-electron chi connectivity index (χ3n) is 2.38. The van der Waals surface area contributed by atoms with Crippen LogP contribution in [0.15, 0.2) is 35.1 Å². The minimum Gasteiger partial charge on any atom is -0.494 e. The Kier molecular flexibility index (Phi) is 3.62. The van der Waals surface area contributed by atoms with E-state index < -0.39 is 0 Å². The van der Waals surface area contributed by atoms with Gasteiger partial charge in [-0.25, -0.2) is 0 Å². The first-order valence-corrected chi connectivity index (χ1v) is 5.68. The van der Waals surface area contributed by atoms with Crippen LogP contribution in [0.3, 0.4) is 0 Å². The average Bonchev–Trinajstić information content (AvgIpc) is 2.31. The standard InChI is InChI=1S/C13H14N2O3/c1-2-18-10-5-3-9(4-6-10)7-11-14-12(16)8-13(17)15-11/h3-6,8H,2,7H2,1H3,(H2,14,15,16,17). The lowest BCUT2D eigenvalue weighted by molar-refractivity contribution is 0.340. The normalized spacial score (nSPS) is 10.3. The van der Waals surface area contributed by atoms with Crippen molar-refractivity contribution in [3.8, 4) is 11.6 Å². The van der Waals surface area contributed by atoms with Crippen LogP contribution in [0.25, 0.3) is 0 Å². The molecule has 0 unspecified atom stereocenters. The molecular weight excluding hydrogens is 232 g/mol. The van der Waals surface area contributed by atoms with Crippen molar-refractivity contribution in [2.24, 2.45) is 0 Å². The average molecular weight is 246 g/mol. The van der Waals surface area contributed by atoms with Crippen LogP contribution in [0.2, 0.25) is 0 Å². The van der Waals surface area contributed by atoms with Crippen molar-refractivity contribution in [1.82, 2.24) is 9.97 Å².